The Morgan fingerprint density at radius 2 is 2.09 bits per heavy atom. The molecule has 1 aromatic carbocycles. The van der Waals surface area contributed by atoms with Crippen molar-refractivity contribution in [2.75, 3.05) is 12.8 Å². The highest BCUT2D eigenvalue weighted by molar-refractivity contribution is 7.98. The average Bonchev–Trinajstić information content (AvgIpc) is 3.26. The summed E-state index contributed by atoms with van der Waals surface area (Å²) in [6.07, 6.45) is 6.24. The molecule has 0 saturated carbocycles. The van der Waals surface area contributed by atoms with Gasteiger partial charge < -0.3 is 9.73 Å². The lowest BCUT2D eigenvalue weighted by atomic mass is 10.2. The molecule has 3 aromatic rings. The minimum absolute atomic E-state index is 0.0124. The molecule has 0 spiro atoms. The van der Waals surface area contributed by atoms with Crippen molar-refractivity contribution in [3.8, 4) is 10.4 Å². The Balaban J connectivity index is 1.56. The lowest BCUT2D eigenvalue weighted by molar-refractivity contribution is 0.0951. The maximum absolute atomic E-state index is 12.3. The fourth-order valence-electron chi connectivity index (χ4n) is 2.30. The lowest BCUT2D eigenvalue weighted by Gasteiger charge is -2.07. The molecular formula is C18H17NO2S2. The SMILES string of the molecule is CSc1ccccc1C(=O)NCCc1ccc(-c2ccoc2)s1. The smallest absolute Gasteiger partial charge is 0.252 e. The molecule has 0 aliphatic heterocycles. The molecule has 0 unspecified atom stereocenters. The summed E-state index contributed by atoms with van der Waals surface area (Å²) >= 11 is 3.32. The van der Waals surface area contributed by atoms with Gasteiger partial charge in [-0.15, -0.1) is 23.1 Å². The van der Waals surface area contributed by atoms with Gasteiger partial charge in [0.05, 0.1) is 18.1 Å². The summed E-state index contributed by atoms with van der Waals surface area (Å²) in [5, 5.41) is 3.00. The zero-order valence-electron chi connectivity index (χ0n) is 12.7. The van der Waals surface area contributed by atoms with E-state index in [4.69, 9.17) is 4.42 Å². The molecule has 1 N–H and O–H groups in total. The summed E-state index contributed by atoms with van der Waals surface area (Å²) < 4.78 is 5.11. The van der Waals surface area contributed by atoms with Gasteiger partial charge >= 0.3 is 0 Å². The van der Waals surface area contributed by atoms with Gasteiger partial charge in [-0.05, 0) is 43.0 Å². The molecule has 0 atom stereocenters. The number of nitrogens with one attached hydrogen (secondary N) is 1. The second-order valence-corrected chi connectivity index (χ2v) is 7.00. The number of furan rings is 1. The van der Waals surface area contributed by atoms with Gasteiger partial charge in [0, 0.05) is 26.8 Å². The molecule has 2 aromatic heterocycles. The zero-order chi connectivity index (χ0) is 16.1. The van der Waals surface area contributed by atoms with E-state index in [1.807, 2.05) is 36.6 Å². The molecule has 0 radical (unpaired) electrons. The third-order valence-electron chi connectivity index (χ3n) is 3.48. The third-order valence-corrected chi connectivity index (χ3v) is 5.47. The third kappa shape index (κ3) is 3.86. The van der Waals surface area contributed by atoms with E-state index in [0.717, 1.165) is 22.4 Å². The Hall–Kier alpha value is -1.98. The van der Waals surface area contributed by atoms with Crippen LogP contribution in [-0.2, 0) is 6.42 Å². The first-order chi connectivity index (χ1) is 11.3. The maximum atomic E-state index is 12.3. The predicted octanol–water partition coefficient (Wildman–Crippen LogP) is 4.70. The summed E-state index contributed by atoms with van der Waals surface area (Å²) in [7, 11) is 0. The fourth-order valence-corrected chi connectivity index (χ4v) is 3.89. The summed E-state index contributed by atoms with van der Waals surface area (Å²) in [5.74, 6) is -0.0124. The number of hydrogen-bond acceptors (Lipinski definition) is 4. The molecule has 0 saturated heterocycles. The van der Waals surface area contributed by atoms with Crippen LogP contribution in [0.4, 0.5) is 0 Å². The number of carbonyl (C=O) groups excluding carboxylic acids is 1. The molecule has 0 aliphatic rings. The topological polar surface area (TPSA) is 42.2 Å². The van der Waals surface area contributed by atoms with Gasteiger partial charge in [0.1, 0.15) is 0 Å². The predicted molar refractivity (Wildman–Crippen MR) is 96.3 cm³/mol. The van der Waals surface area contributed by atoms with E-state index in [9.17, 15) is 4.79 Å². The zero-order valence-corrected chi connectivity index (χ0v) is 14.4. The van der Waals surface area contributed by atoms with E-state index in [1.54, 1.807) is 35.6 Å². The Bertz CT molecular complexity index is 778. The van der Waals surface area contributed by atoms with E-state index in [1.165, 1.54) is 9.75 Å². The highest BCUT2D eigenvalue weighted by atomic mass is 32.2. The Morgan fingerprint density at radius 1 is 1.22 bits per heavy atom. The number of thiophene rings is 1. The van der Waals surface area contributed by atoms with E-state index in [2.05, 4.69) is 17.4 Å². The largest absolute Gasteiger partial charge is 0.472 e. The van der Waals surface area contributed by atoms with Crippen LogP contribution in [0.1, 0.15) is 15.2 Å². The van der Waals surface area contributed by atoms with Crippen LogP contribution < -0.4 is 5.32 Å². The van der Waals surface area contributed by atoms with E-state index < -0.39 is 0 Å². The van der Waals surface area contributed by atoms with Gasteiger partial charge in [-0.1, -0.05) is 12.1 Å². The molecule has 0 aliphatic carbocycles. The molecule has 0 bridgehead atoms. The first-order valence-corrected chi connectivity index (χ1v) is 9.34. The van der Waals surface area contributed by atoms with Crippen LogP contribution in [0.15, 0.2) is 64.3 Å². The van der Waals surface area contributed by atoms with Gasteiger partial charge in [0.2, 0.25) is 0 Å². The van der Waals surface area contributed by atoms with Crippen molar-refractivity contribution in [2.24, 2.45) is 0 Å². The van der Waals surface area contributed by atoms with Gasteiger partial charge in [0.25, 0.3) is 5.91 Å². The minimum Gasteiger partial charge on any atom is -0.472 e. The Labute approximate surface area is 143 Å². The number of carbonyl (C=O) groups is 1. The van der Waals surface area contributed by atoms with Crippen LogP contribution in [0.25, 0.3) is 10.4 Å². The van der Waals surface area contributed by atoms with Crippen LogP contribution >= 0.6 is 23.1 Å². The fraction of sp³-hybridized carbons (Fsp3) is 0.167. The summed E-state index contributed by atoms with van der Waals surface area (Å²) in [5.41, 5.74) is 1.84. The highest BCUT2D eigenvalue weighted by Gasteiger charge is 2.10. The van der Waals surface area contributed by atoms with Gasteiger partial charge in [-0.3, -0.25) is 4.79 Å². The first kappa shape index (κ1) is 15.9. The molecule has 118 valence electrons. The van der Waals surface area contributed by atoms with Crippen molar-refractivity contribution in [3.05, 3.63) is 65.4 Å². The van der Waals surface area contributed by atoms with Crippen molar-refractivity contribution < 1.29 is 9.21 Å². The average molecular weight is 343 g/mol. The van der Waals surface area contributed by atoms with Gasteiger partial charge in [-0.25, -0.2) is 0 Å². The normalized spacial score (nSPS) is 10.7. The Kier molecular flexibility index (Phi) is 5.20. The van der Waals surface area contributed by atoms with E-state index in [-0.39, 0.29) is 5.91 Å². The molecule has 2 heterocycles. The number of rotatable bonds is 6. The quantitative estimate of drug-likeness (QED) is 0.660. The summed E-state index contributed by atoms with van der Waals surface area (Å²) in [6, 6.07) is 13.8. The number of hydrogen-bond donors (Lipinski definition) is 1. The van der Waals surface area contributed by atoms with Crippen molar-refractivity contribution in [2.45, 2.75) is 11.3 Å². The number of thioether (sulfide) groups is 1. The van der Waals surface area contributed by atoms with Crippen LogP contribution in [-0.4, -0.2) is 18.7 Å². The molecule has 0 fully saturated rings. The van der Waals surface area contributed by atoms with Crippen molar-refractivity contribution >= 4 is 29.0 Å². The van der Waals surface area contributed by atoms with Crippen molar-refractivity contribution in [1.82, 2.24) is 5.32 Å². The van der Waals surface area contributed by atoms with Gasteiger partial charge in [0.15, 0.2) is 0 Å². The minimum atomic E-state index is -0.0124. The highest BCUT2D eigenvalue weighted by Crippen LogP contribution is 2.28. The summed E-state index contributed by atoms with van der Waals surface area (Å²) in [4.78, 5) is 15.7. The number of benzene rings is 1. The van der Waals surface area contributed by atoms with Crippen LogP contribution in [0.3, 0.4) is 0 Å². The Morgan fingerprint density at radius 3 is 2.87 bits per heavy atom. The van der Waals surface area contributed by atoms with Crippen molar-refractivity contribution in [1.29, 1.82) is 0 Å². The molecule has 5 heteroatoms. The van der Waals surface area contributed by atoms with Crippen LogP contribution in [0.2, 0.25) is 0 Å². The van der Waals surface area contributed by atoms with Crippen LogP contribution in [0, 0.1) is 0 Å². The molecule has 3 rings (SSSR count). The maximum Gasteiger partial charge on any atom is 0.252 e. The van der Waals surface area contributed by atoms with Crippen LogP contribution in [0.5, 0.6) is 0 Å². The molecule has 3 nitrogen and oxygen atoms in total. The van der Waals surface area contributed by atoms with E-state index in [0.29, 0.717) is 6.54 Å². The standard InChI is InChI=1S/C18H17NO2S2/c1-22-17-5-3-2-4-15(17)18(20)19-10-8-14-6-7-16(23-14)13-9-11-21-12-13/h2-7,9,11-12H,8,10H2,1H3,(H,19,20). The second kappa shape index (κ2) is 7.53. The molecular weight excluding hydrogens is 326 g/mol. The molecule has 23 heavy (non-hydrogen) atoms. The summed E-state index contributed by atoms with van der Waals surface area (Å²) in [6.45, 7) is 0.632. The van der Waals surface area contributed by atoms with Gasteiger partial charge in [-0.2, -0.15) is 0 Å². The monoisotopic (exact) mass is 343 g/mol. The number of amides is 1. The molecule has 1 amide bonds. The van der Waals surface area contributed by atoms with Crippen molar-refractivity contribution in [3.63, 3.8) is 0 Å². The first-order valence-electron chi connectivity index (χ1n) is 7.30. The second-order valence-electron chi connectivity index (χ2n) is 4.98. The van der Waals surface area contributed by atoms with E-state index >= 15 is 0 Å². The lowest BCUT2D eigenvalue weighted by Crippen LogP contribution is -2.25.